The van der Waals surface area contributed by atoms with Crippen molar-refractivity contribution in [2.24, 2.45) is 0 Å². The molecule has 2 aromatic rings. The van der Waals surface area contributed by atoms with Crippen LogP contribution < -0.4 is 10.2 Å². The molecule has 0 aliphatic heterocycles. The first-order chi connectivity index (χ1) is 9.47. The van der Waals surface area contributed by atoms with Crippen LogP contribution in [0.1, 0.15) is 11.1 Å². The molecule has 20 heavy (non-hydrogen) atoms. The molecule has 0 fully saturated rings. The molecule has 0 heterocycles. The van der Waals surface area contributed by atoms with Crippen molar-refractivity contribution < 1.29 is 13.5 Å². The van der Waals surface area contributed by atoms with E-state index in [1.165, 1.54) is 12.1 Å². The Morgan fingerprint density at radius 3 is 2.35 bits per heavy atom. The van der Waals surface area contributed by atoms with Gasteiger partial charge in [-0.05, 0) is 42.3 Å². The van der Waals surface area contributed by atoms with Gasteiger partial charge in [-0.3, -0.25) is 0 Å². The molecule has 0 bridgehead atoms. The Bertz CT molecular complexity index is 611. The zero-order valence-corrected chi connectivity index (χ0v) is 11.9. The van der Waals surface area contributed by atoms with Crippen molar-refractivity contribution in [3.05, 3.63) is 59.2 Å². The van der Waals surface area contributed by atoms with Crippen LogP contribution in [0.2, 0.25) is 13.6 Å². The molecule has 0 aliphatic carbocycles. The zero-order valence-electron chi connectivity index (χ0n) is 11.9. The van der Waals surface area contributed by atoms with Gasteiger partial charge in [0.25, 0.3) is 0 Å². The molecule has 0 saturated heterocycles. The molecule has 104 valence electrons. The van der Waals surface area contributed by atoms with Crippen molar-refractivity contribution in [3.8, 4) is 5.75 Å². The molecular weight excluding hydrogens is 257 g/mol. The minimum absolute atomic E-state index is 0.219. The minimum atomic E-state index is -0.366. The Balaban J connectivity index is 2.09. The number of hydrogen-bond donors (Lipinski definition) is 0. The molecule has 0 atom stereocenters. The normalized spacial score (nSPS) is 10.4. The highest BCUT2D eigenvalue weighted by Crippen LogP contribution is 2.18. The predicted molar refractivity (Wildman–Crippen MR) is 79.0 cm³/mol. The lowest BCUT2D eigenvalue weighted by Crippen LogP contribution is -2.22. The first-order valence-electron chi connectivity index (χ1n) is 6.64. The average Bonchev–Trinajstić information content (AvgIpc) is 2.41. The Morgan fingerprint density at radius 1 is 1.00 bits per heavy atom. The number of halogens is 2. The van der Waals surface area contributed by atoms with Crippen molar-refractivity contribution in [1.82, 2.24) is 0 Å². The molecular formula is C16H17BF2O. The number of aryl methyl sites for hydroxylation is 1. The van der Waals surface area contributed by atoms with Crippen molar-refractivity contribution >= 4 is 12.2 Å². The van der Waals surface area contributed by atoms with Crippen LogP contribution in [0.15, 0.2) is 36.4 Å². The van der Waals surface area contributed by atoms with Crippen molar-refractivity contribution in [2.75, 3.05) is 0 Å². The van der Waals surface area contributed by atoms with E-state index < -0.39 is 0 Å². The van der Waals surface area contributed by atoms with Gasteiger partial charge in [-0.2, -0.15) is 0 Å². The summed E-state index contributed by atoms with van der Waals surface area (Å²) in [4.78, 5) is 0. The molecule has 0 radical (unpaired) electrons. The maximum Gasteiger partial charge on any atom is 0.169 e. The highest BCUT2D eigenvalue weighted by Gasteiger charge is 2.09. The van der Waals surface area contributed by atoms with Gasteiger partial charge in [0, 0.05) is 0 Å². The summed E-state index contributed by atoms with van der Waals surface area (Å²) in [6.45, 7) is 6.21. The SMILES string of the molecule is CB(C)c1ccc(OCc2ccc(F)c(C)c2)c(F)c1. The van der Waals surface area contributed by atoms with Crippen LogP contribution >= 0.6 is 0 Å². The Labute approximate surface area is 118 Å². The van der Waals surface area contributed by atoms with E-state index >= 15 is 0 Å². The lowest BCUT2D eigenvalue weighted by Gasteiger charge is -2.10. The zero-order chi connectivity index (χ0) is 14.7. The van der Waals surface area contributed by atoms with Crippen LogP contribution in [0.4, 0.5) is 8.78 Å². The summed E-state index contributed by atoms with van der Waals surface area (Å²) in [6.07, 6.45) is 0. The van der Waals surface area contributed by atoms with Crippen molar-refractivity contribution in [2.45, 2.75) is 27.2 Å². The van der Waals surface area contributed by atoms with Crippen molar-refractivity contribution in [3.63, 3.8) is 0 Å². The van der Waals surface area contributed by atoms with Gasteiger partial charge in [0.05, 0.1) is 0 Å². The fraction of sp³-hybridized carbons (Fsp3) is 0.250. The summed E-state index contributed by atoms with van der Waals surface area (Å²) in [6, 6.07) is 9.74. The average molecular weight is 274 g/mol. The first kappa shape index (κ1) is 14.6. The molecule has 2 aromatic carbocycles. The lowest BCUT2D eigenvalue weighted by molar-refractivity contribution is 0.290. The van der Waals surface area contributed by atoms with E-state index in [-0.39, 0.29) is 30.7 Å². The highest BCUT2D eigenvalue weighted by molar-refractivity contribution is 6.70. The van der Waals surface area contributed by atoms with Gasteiger partial charge in [-0.25, -0.2) is 8.78 Å². The number of hydrogen-bond acceptors (Lipinski definition) is 1. The fourth-order valence-corrected chi connectivity index (χ4v) is 1.95. The van der Waals surface area contributed by atoms with E-state index in [1.54, 1.807) is 25.1 Å². The van der Waals surface area contributed by atoms with E-state index in [2.05, 4.69) is 0 Å². The number of ether oxygens (including phenoxy) is 1. The van der Waals surface area contributed by atoms with Gasteiger partial charge in [0.15, 0.2) is 18.3 Å². The largest absolute Gasteiger partial charge is 0.486 e. The lowest BCUT2D eigenvalue weighted by atomic mass is 9.49. The van der Waals surface area contributed by atoms with Gasteiger partial charge < -0.3 is 4.74 Å². The second-order valence-corrected chi connectivity index (χ2v) is 5.22. The van der Waals surface area contributed by atoms with Gasteiger partial charge in [-0.15, -0.1) is 0 Å². The summed E-state index contributed by atoms with van der Waals surface area (Å²) in [5.41, 5.74) is 2.31. The fourth-order valence-electron chi connectivity index (χ4n) is 1.95. The molecule has 2 rings (SSSR count). The summed E-state index contributed by atoms with van der Waals surface area (Å²) in [5.74, 6) is -0.396. The van der Waals surface area contributed by atoms with E-state index in [0.29, 0.717) is 5.56 Å². The van der Waals surface area contributed by atoms with Gasteiger partial charge in [-0.1, -0.05) is 31.2 Å². The topological polar surface area (TPSA) is 9.23 Å². The second-order valence-electron chi connectivity index (χ2n) is 5.22. The Hall–Kier alpha value is -1.84. The summed E-state index contributed by atoms with van der Waals surface area (Å²) >= 11 is 0. The smallest absolute Gasteiger partial charge is 0.169 e. The highest BCUT2D eigenvalue weighted by atomic mass is 19.1. The van der Waals surface area contributed by atoms with Crippen LogP contribution in [0, 0.1) is 18.6 Å². The Kier molecular flexibility index (Phi) is 4.43. The predicted octanol–water partition coefficient (Wildman–Crippen LogP) is 3.81. The molecule has 0 unspecified atom stereocenters. The summed E-state index contributed by atoms with van der Waals surface area (Å²) < 4.78 is 32.5. The van der Waals surface area contributed by atoms with Crippen molar-refractivity contribution in [1.29, 1.82) is 0 Å². The number of rotatable bonds is 4. The van der Waals surface area contributed by atoms with Crippen LogP contribution in [-0.4, -0.2) is 6.71 Å². The summed E-state index contributed by atoms with van der Waals surface area (Å²) in [7, 11) is 0. The van der Waals surface area contributed by atoms with E-state index in [9.17, 15) is 8.78 Å². The van der Waals surface area contributed by atoms with E-state index in [4.69, 9.17) is 4.74 Å². The van der Waals surface area contributed by atoms with Crippen LogP contribution in [0.5, 0.6) is 5.75 Å². The quantitative estimate of drug-likeness (QED) is 0.770. The second kappa shape index (κ2) is 6.08. The third kappa shape index (κ3) is 3.38. The molecule has 4 heteroatoms. The van der Waals surface area contributed by atoms with E-state index in [1.807, 2.05) is 19.7 Å². The molecule has 0 amide bonds. The third-order valence-corrected chi connectivity index (χ3v) is 3.24. The van der Waals surface area contributed by atoms with Crippen LogP contribution in [0.3, 0.4) is 0 Å². The maximum atomic E-state index is 13.9. The van der Waals surface area contributed by atoms with E-state index in [0.717, 1.165) is 11.0 Å². The molecule has 0 aliphatic rings. The molecule has 0 saturated carbocycles. The minimum Gasteiger partial charge on any atom is -0.486 e. The molecule has 0 spiro atoms. The molecule has 0 aromatic heterocycles. The molecule has 1 nitrogen and oxygen atoms in total. The van der Waals surface area contributed by atoms with Crippen LogP contribution in [-0.2, 0) is 6.61 Å². The molecule has 0 N–H and O–H groups in total. The number of benzene rings is 2. The van der Waals surface area contributed by atoms with Crippen LogP contribution in [0.25, 0.3) is 0 Å². The monoisotopic (exact) mass is 274 g/mol. The maximum absolute atomic E-state index is 13.9. The Morgan fingerprint density at radius 2 is 1.75 bits per heavy atom. The first-order valence-corrected chi connectivity index (χ1v) is 6.64. The summed E-state index contributed by atoms with van der Waals surface area (Å²) in [5, 5.41) is 0. The van der Waals surface area contributed by atoms with Gasteiger partial charge in [0.1, 0.15) is 12.4 Å². The van der Waals surface area contributed by atoms with Gasteiger partial charge >= 0.3 is 0 Å². The third-order valence-electron chi connectivity index (χ3n) is 3.24. The van der Waals surface area contributed by atoms with Gasteiger partial charge in [0.2, 0.25) is 0 Å². The standard InChI is InChI=1S/C16H17BF2O/c1-11-8-12(4-6-14(11)18)10-20-16-7-5-13(17(2)3)9-15(16)19/h4-9H,10H2,1-3H3.